The zero-order chi connectivity index (χ0) is 23.3. The number of rotatable bonds is 7. The minimum absolute atomic E-state index is 0.0309. The number of para-hydroxylation sites is 1. The zero-order valence-electron chi connectivity index (χ0n) is 18.1. The van der Waals surface area contributed by atoms with Gasteiger partial charge in [0.05, 0.1) is 0 Å². The normalized spacial score (nSPS) is 11.8. The molecule has 0 spiro atoms. The molecule has 5 rings (SSSR count). The highest BCUT2D eigenvalue weighted by Crippen LogP contribution is 2.39. The Morgan fingerprint density at radius 3 is 2.09 bits per heavy atom. The summed E-state index contributed by atoms with van der Waals surface area (Å²) in [5.74, 6) is 0.748. The molecule has 0 bridgehead atoms. The van der Waals surface area contributed by atoms with E-state index in [9.17, 15) is 4.79 Å². The van der Waals surface area contributed by atoms with Gasteiger partial charge in [-0.1, -0.05) is 119 Å². The molecule has 4 nitrogen and oxygen atoms in total. The summed E-state index contributed by atoms with van der Waals surface area (Å²) in [7, 11) is 0. The SMILES string of the molecule is O=C(c1ccccc1)C(Sc1nnc(-c2cccc(Br)c2)n1-c1ccccc1)c1ccccc1. The molecule has 5 aromatic rings. The third-order valence-electron chi connectivity index (χ3n) is 5.35. The smallest absolute Gasteiger partial charge is 0.197 e. The number of benzene rings is 4. The van der Waals surface area contributed by atoms with Crippen LogP contribution >= 0.6 is 27.7 Å². The molecule has 1 aromatic heterocycles. The number of ketones is 1. The molecule has 0 N–H and O–H groups in total. The minimum atomic E-state index is -0.467. The van der Waals surface area contributed by atoms with Crippen LogP contribution in [0.25, 0.3) is 17.1 Å². The Morgan fingerprint density at radius 1 is 0.765 bits per heavy atom. The van der Waals surface area contributed by atoms with E-state index in [1.165, 1.54) is 11.8 Å². The number of nitrogens with zero attached hydrogens (tertiary/aromatic N) is 3. The summed E-state index contributed by atoms with van der Waals surface area (Å²) < 4.78 is 2.98. The lowest BCUT2D eigenvalue weighted by atomic mass is 10.0. The lowest BCUT2D eigenvalue weighted by Crippen LogP contribution is -2.11. The molecule has 4 aromatic carbocycles. The molecule has 0 aliphatic rings. The lowest BCUT2D eigenvalue weighted by molar-refractivity contribution is 0.0989. The predicted octanol–water partition coefficient (Wildman–Crippen LogP) is 7.41. The molecule has 0 saturated heterocycles. The van der Waals surface area contributed by atoms with Crippen LogP contribution in [0.2, 0.25) is 0 Å². The maximum Gasteiger partial charge on any atom is 0.197 e. The van der Waals surface area contributed by atoms with Gasteiger partial charge in [-0.15, -0.1) is 10.2 Å². The van der Waals surface area contributed by atoms with E-state index in [1.54, 1.807) is 0 Å². The van der Waals surface area contributed by atoms with Crippen LogP contribution in [-0.4, -0.2) is 20.5 Å². The number of hydrogen-bond donors (Lipinski definition) is 0. The van der Waals surface area contributed by atoms with Gasteiger partial charge in [-0.2, -0.15) is 0 Å². The third-order valence-corrected chi connectivity index (χ3v) is 7.04. The van der Waals surface area contributed by atoms with Crippen molar-refractivity contribution in [2.45, 2.75) is 10.4 Å². The van der Waals surface area contributed by atoms with Crippen LogP contribution in [0.4, 0.5) is 0 Å². The number of carbonyl (C=O) groups is 1. The van der Waals surface area contributed by atoms with E-state index in [4.69, 9.17) is 0 Å². The standard InChI is InChI=1S/C28H20BrN3OS/c29-23-16-10-15-22(19-23)27-30-31-28(32(27)24-17-8-3-9-18-24)34-26(21-13-6-2-7-14-21)25(33)20-11-4-1-5-12-20/h1-19,26H. The second kappa shape index (κ2) is 10.2. The molecule has 0 radical (unpaired) electrons. The summed E-state index contributed by atoms with van der Waals surface area (Å²) in [6.07, 6.45) is 0. The Kier molecular flexibility index (Phi) is 6.70. The fourth-order valence-corrected chi connectivity index (χ4v) is 5.26. The molecule has 1 atom stereocenters. The Bertz CT molecular complexity index is 1410. The van der Waals surface area contributed by atoms with Crippen LogP contribution in [0.5, 0.6) is 0 Å². The van der Waals surface area contributed by atoms with Crippen molar-refractivity contribution in [1.29, 1.82) is 0 Å². The molecule has 1 unspecified atom stereocenters. The molecule has 34 heavy (non-hydrogen) atoms. The van der Waals surface area contributed by atoms with Crippen molar-refractivity contribution >= 4 is 33.5 Å². The summed E-state index contributed by atoms with van der Waals surface area (Å²) in [4.78, 5) is 13.6. The fourth-order valence-electron chi connectivity index (χ4n) is 3.73. The van der Waals surface area contributed by atoms with E-state index >= 15 is 0 Å². The number of carbonyl (C=O) groups excluding carboxylic acids is 1. The third kappa shape index (κ3) is 4.74. The van der Waals surface area contributed by atoms with Crippen molar-refractivity contribution in [3.8, 4) is 17.1 Å². The van der Waals surface area contributed by atoms with Gasteiger partial charge >= 0.3 is 0 Å². The van der Waals surface area contributed by atoms with Gasteiger partial charge in [-0.3, -0.25) is 9.36 Å². The van der Waals surface area contributed by atoms with E-state index in [2.05, 4.69) is 26.1 Å². The van der Waals surface area contributed by atoms with Crippen molar-refractivity contribution in [2.24, 2.45) is 0 Å². The first kappa shape index (κ1) is 22.3. The quantitative estimate of drug-likeness (QED) is 0.164. The predicted molar refractivity (Wildman–Crippen MR) is 140 cm³/mol. The first-order valence-electron chi connectivity index (χ1n) is 10.8. The Labute approximate surface area is 210 Å². The molecule has 0 amide bonds. The van der Waals surface area contributed by atoms with Crippen LogP contribution in [-0.2, 0) is 0 Å². The number of aromatic nitrogens is 3. The van der Waals surface area contributed by atoms with E-state index in [0.717, 1.165) is 21.3 Å². The lowest BCUT2D eigenvalue weighted by Gasteiger charge is -2.17. The average Bonchev–Trinajstić information content (AvgIpc) is 3.32. The van der Waals surface area contributed by atoms with E-state index < -0.39 is 5.25 Å². The Hall–Kier alpha value is -3.48. The van der Waals surface area contributed by atoms with Crippen LogP contribution in [0.1, 0.15) is 21.2 Å². The Balaban J connectivity index is 1.62. The monoisotopic (exact) mass is 525 g/mol. The Morgan fingerprint density at radius 2 is 1.41 bits per heavy atom. The van der Waals surface area contributed by atoms with Crippen molar-refractivity contribution in [3.05, 3.63) is 131 Å². The molecule has 0 saturated carbocycles. The van der Waals surface area contributed by atoms with E-state index in [0.29, 0.717) is 16.5 Å². The largest absolute Gasteiger partial charge is 0.293 e. The highest BCUT2D eigenvalue weighted by Gasteiger charge is 2.27. The number of halogens is 1. The first-order valence-corrected chi connectivity index (χ1v) is 12.5. The van der Waals surface area contributed by atoms with Crippen LogP contribution < -0.4 is 0 Å². The van der Waals surface area contributed by atoms with Crippen LogP contribution in [0, 0.1) is 0 Å². The molecule has 166 valence electrons. The zero-order valence-corrected chi connectivity index (χ0v) is 20.5. The summed E-state index contributed by atoms with van der Waals surface area (Å²) >= 11 is 4.97. The summed E-state index contributed by atoms with van der Waals surface area (Å²) in [5.41, 5.74) is 3.46. The highest BCUT2D eigenvalue weighted by atomic mass is 79.9. The van der Waals surface area contributed by atoms with Gasteiger partial charge in [0.2, 0.25) is 0 Å². The number of hydrogen-bond acceptors (Lipinski definition) is 4. The minimum Gasteiger partial charge on any atom is -0.293 e. The molecule has 0 aliphatic heterocycles. The average molecular weight is 526 g/mol. The summed E-state index contributed by atoms with van der Waals surface area (Å²) in [6.45, 7) is 0. The van der Waals surface area contributed by atoms with E-state index in [1.807, 2.05) is 120 Å². The van der Waals surface area contributed by atoms with Crippen LogP contribution in [0.15, 0.2) is 125 Å². The van der Waals surface area contributed by atoms with Gasteiger partial charge in [0, 0.05) is 21.3 Å². The van der Waals surface area contributed by atoms with Gasteiger partial charge in [0.15, 0.2) is 16.8 Å². The van der Waals surface area contributed by atoms with Gasteiger partial charge in [-0.05, 0) is 29.8 Å². The van der Waals surface area contributed by atoms with Crippen molar-refractivity contribution in [3.63, 3.8) is 0 Å². The number of thioether (sulfide) groups is 1. The van der Waals surface area contributed by atoms with Gasteiger partial charge < -0.3 is 0 Å². The first-order chi connectivity index (χ1) is 16.7. The molecule has 1 heterocycles. The maximum absolute atomic E-state index is 13.6. The topological polar surface area (TPSA) is 47.8 Å². The number of Topliss-reactive ketones (excluding diaryl/α,β-unsaturated/α-hetero) is 1. The second-order valence-corrected chi connectivity index (χ2v) is 9.61. The summed E-state index contributed by atoms with van der Waals surface area (Å²) in [6, 6.07) is 37.2. The fraction of sp³-hybridized carbons (Fsp3) is 0.0357. The highest BCUT2D eigenvalue weighted by molar-refractivity contribution is 9.10. The van der Waals surface area contributed by atoms with Crippen LogP contribution in [0.3, 0.4) is 0 Å². The second-order valence-electron chi connectivity index (χ2n) is 7.63. The van der Waals surface area contributed by atoms with Crippen molar-refractivity contribution < 1.29 is 4.79 Å². The van der Waals surface area contributed by atoms with Gasteiger partial charge in [-0.25, -0.2) is 0 Å². The van der Waals surface area contributed by atoms with Gasteiger partial charge in [0.25, 0.3) is 0 Å². The van der Waals surface area contributed by atoms with E-state index in [-0.39, 0.29) is 5.78 Å². The molecule has 6 heteroatoms. The van der Waals surface area contributed by atoms with Crippen molar-refractivity contribution in [1.82, 2.24) is 14.8 Å². The maximum atomic E-state index is 13.6. The molecule has 0 fully saturated rings. The summed E-state index contributed by atoms with van der Waals surface area (Å²) in [5, 5.41) is 9.28. The van der Waals surface area contributed by atoms with Crippen molar-refractivity contribution in [2.75, 3.05) is 0 Å². The molecular weight excluding hydrogens is 506 g/mol. The molecular formula is C28H20BrN3OS. The van der Waals surface area contributed by atoms with Gasteiger partial charge in [0.1, 0.15) is 5.25 Å². The molecule has 0 aliphatic carbocycles.